The van der Waals surface area contributed by atoms with Crippen molar-refractivity contribution in [1.82, 2.24) is 9.97 Å². The van der Waals surface area contributed by atoms with E-state index < -0.39 is 0 Å². The molecule has 0 spiro atoms. The molecule has 0 aliphatic carbocycles. The average molecular weight is 464 g/mol. The molecule has 0 bridgehead atoms. The van der Waals surface area contributed by atoms with E-state index in [2.05, 4.69) is 36.2 Å². The third-order valence-electron chi connectivity index (χ3n) is 5.10. The van der Waals surface area contributed by atoms with E-state index in [9.17, 15) is 4.79 Å². The molecule has 0 N–H and O–H groups in total. The summed E-state index contributed by atoms with van der Waals surface area (Å²) in [7, 11) is 1.64. The summed E-state index contributed by atoms with van der Waals surface area (Å²) >= 11 is 3.21. The van der Waals surface area contributed by atoms with Crippen LogP contribution in [0.25, 0.3) is 10.2 Å². The van der Waals surface area contributed by atoms with E-state index in [0.29, 0.717) is 29.6 Å². The Morgan fingerprint density at radius 1 is 1.09 bits per heavy atom. The summed E-state index contributed by atoms with van der Waals surface area (Å²) < 4.78 is 6.54. The van der Waals surface area contributed by atoms with Gasteiger partial charge in [-0.05, 0) is 49.7 Å². The minimum atomic E-state index is 0.0333. The molecular weight excluding hydrogens is 438 g/mol. The third-order valence-corrected chi connectivity index (χ3v) is 7.32. The van der Waals surface area contributed by atoms with Crippen molar-refractivity contribution in [2.45, 2.75) is 31.7 Å². The van der Waals surface area contributed by atoms with E-state index in [1.165, 1.54) is 21.8 Å². The van der Waals surface area contributed by atoms with E-state index in [4.69, 9.17) is 9.72 Å². The number of pyridine rings is 1. The Kier molecular flexibility index (Phi) is 7.07. The van der Waals surface area contributed by atoms with Gasteiger partial charge in [0.2, 0.25) is 5.91 Å². The standard InChI is InChI=1S/C25H25N3O2S2/c1-17-7-10-20(11-8-17)31-15-13-22(29)28(16-19-6-4-5-14-26-19)25-27-23-21(30-3)12-9-18(2)24(23)32-25/h4-12,14H,13,15-16H2,1-3H3. The molecule has 2 heterocycles. The maximum absolute atomic E-state index is 13.3. The lowest BCUT2D eigenvalue weighted by Gasteiger charge is -2.19. The maximum Gasteiger partial charge on any atom is 0.229 e. The van der Waals surface area contributed by atoms with Crippen LogP contribution >= 0.6 is 23.1 Å². The molecule has 0 aliphatic heterocycles. The van der Waals surface area contributed by atoms with E-state index in [1.807, 2.05) is 37.3 Å². The molecule has 2 aromatic carbocycles. The number of hydrogen-bond donors (Lipinski definition) is 0. The minimum absolute atomic E-state index is 0.0333. The summed E-state index contributed by atoms with van der Waals surface area (Å²) in [6.07, 6.45) is 2.16. The molecular formula is C25H25N3O2S2. The summed E-state index contributed by atoms with van der Waals surface area (Å²) in [6, 6.07) is 18.1. The molecule has 0 atom stereocenters. The Bertz CT molecular complexity index is 1210. The molecule has 4 rings (SSSR count). The zero-order chi connectivity index (χ0) is 22.5. The number of aryl methyl sites for hydroxylation is 2. The number of ether oxygens (including phenoxy) is 1. The van der Waals surface area contributed by atoms with Crippen LogP contribution in [0.5, 0.6) is 5.75 Å². The number of thioether (sulfide) groups is 1. The number of amides is 1. The molecule has 0 saturated carbocycles. The maximum atomic E-state index is 13.3. The first-order valence-corrected chi connectivity index (χ1v) is 12.2. The van der Waals surface area contributed by atoms with E-state index in [-0.39, 0.29) is 5.91 Å². The number of fused-ring (bicyclic) bond motifs is 1. The fraction of sp³-hybridized carbons (Fsp3) is 0.240. The smallest absolute Gasteiger partial charge is 0.229 e. The number of hydrogen-bond acceptors (Lipinski definition) is 6. The molecule has 164 valence electrons. The first kappa shape index (κ1) is 22.3. The number of carbonyl (C=O) groups excluding carboxylic acids is 1. The van der Waals surface area contributed by atoms with Crippen LogP contribution < -0.4 is 9.64 Å². The van der Waals surface area contributed by atoms with Crippen LogP contribution in [0.3, 0.4) is 0 Å². The molecule has 2 aromatic heterocycles. The van der Waals surface area contributed by atoms with Gasteiger partial charge in [0.05, 0.1) is 24.0 Å². The Hall–Kier alpha value is -2.90. The SMILES string of the molecule is COc1ccc(C)c2sc(N(Cc3ccccn3)C(=O)CCSc3ccc(C)cc3)nc12. The number of nitrogens with zero attached hydrogens (tertiary/aromatic N) is 3. The van der Waals surface area contributed by atoms with E-state index >= 15 is 0 Å². The highest BCUT2D eigenvalue weighted by Crippen LogP contribution is 2.37. The van der Waals surface area contributed by atoms with Crippen LogP contribution in [0.1, 0.15) is 23.2 Å². The van der Waals surface area contributed by atoms with E-state index in [1.54, 1.807) is 30.0 Å². The van der Waals surface area contributed by atoms with Gasteiger partial charge in [-0.15, -0.1) is 11.8 Å². The zero-order valence-electron chi connectivity index (χ0n) is 18.4. The summed E-state index contributed by atoms with van der Waals surface area (Å²) in [6.45, 7) is 4.51. The van der Waals surface area contributed by atoms with Gasteiger partial charge in [-0.1, -0.05) is 41.2 Å². The second kappa shape index (κ2) is 10.1. The van der Waals surface area contributed by atoms with Gasteiger partial charge in [0, 0.05) is 23.3 Å². The monoisotopic (exact) mass is 463 g/mol. The number of carbonyl (C=O) groups is 1. The number of aromatic nitrogens is 2. The van der Waals surface area contributed by atoms with Crippen molar-refractivity contribution in [3.05, 3.63) is 77.6 Å². The summed E-state index contributed by atoms with van der Waals surface area (Å²) in [4.78, 5) is 25.5. The quantitative estimate of drug-likeness (QED) is 0.299. The van der Waals surface area contributed by atoms with Crippen LogP contribution in [-0.2, 0) is 11.3 Å². The fourth-order valence-corrected chi connectivity index (χ4v) is 5.23. The van der Waals surface area contributed by atoms with Crippen molar-refractivity contribution in [3.63, 3.8) is 0 Å². The lowest BCUT2D eigenvalue weighted by atomic mass is 10.2. The molecule has 0 radical (unpaired) electrons. The van der Waals surface area contributed by atoms with Gasteiger partial charge in [-0.25, -0.2) is 4.98 Å². The molecule has 7 heteroatoms. The predicted molar refractivity (Wildman–Crippen MR) is 133 cm³/mol. The summed E-state index contributed by atoms with van der Waals surface area (Å²) in [5.41, 5.74) is 3.97. The van der Waals surface area contributed by atoms with Crippen molar-refractivity contribution < 1.29 is 9.53 Å². The van der Waals surface area contributed by atoms with Gasteiger partial charge >= 0.3 is 0 Å². The number of methoxy groups -OCH3 is 1. The summed E-state index contributed by atoms with van der Waals surface area (Å²) in [5.74, 6) is 1.45. The predicted octanol–water partition coefficient (Wildman–Crippen LogP) is 6.03. The Labute approximate surface area is 196 Å². The first-order chi connectivity index (χ1) is 15.5. The third kappa shape index (κ3) is 5.11. The average Bonchev–Trinajstić information content (AvgIpc) is 3.26. The highest BCUT2D eigenvalue weighted by Gasteiger charge is 2.22. The van der Waals surface area contributed by atoms with Gasteiger partial charge in [0.25, 0.3) is 0 Å². The lowest BCUT2D eigenvalue weighted by Crippen LogP contribution is -2.30. The molecule has 0 aliphatic rings. The number of benzene rings is 2. The Morgan fingerprint density at radius 2 is 1.91 bits per heavy atom. The largest absolute Gasteiger partial charge is 0.494 e. The van der Waals surface area contributed by atoms with Crippen LogP contribution in [0.4, 0.5) is 5.13 Å². The van der Waals surface area contributed by atoms with Crippen LogP contribution in [-0.4, -0.2) is 28.7 Å². The van der Waals surface area contributed by atoms with Gasteiger partial charge < -0.3 is 4.74 Å². The zero-order valence-corrected chi connectivity index (χ0v) is 20.0. The number of anilines is 1. The minimum Gasteiger partial charge on any atom is -0.494 e. The highest BCUT2D eigenvalue weighted by atomic mass is 32.2. The van der Waals surface area contributed by atoms with Gasteiger partial charge in [-0.3, -0.25) is 14.7 Å². The van der Waals surface area contributed by atoms with Crippen molar-refractivity contribution >= 4 is 44.4 Å². The summed E-state index contributed by atoms with van der Waals surface area (Å²) in [5, 5.41) is 0.670. The van der Waals surface area contributed by atoms with Gasteiger partial charge in [0.1, 0.15) is 11.3 Å². The van der Waals surface area contributed by atoms with E-state index in [0.717, 1.165) is 21.5 Å². The molecule has 0 fully saturated rings. The van der Waals surface area contributed by atoms with Gasteiger partial charge in [0.15, 0.2) is 5.13 Å². The second-order valence-electron chi connectivity index (χ2n) is 7.47. The normalized spacial score (nSPS) is 11.0. The molecule has 4 aromatic rings. The Morgan fingerprint density at radius 3 is 2.62 bits per heavy atom. The fourth-order valence-electron chi connectivity index (χ4n) is 3.32. The second-order valence-corrected chi connectivity index (χ2v) is 9.62. The number of thiazole rings is 1. The molecule has 5 nitrogen and oxygen atoms in total. The van der Waals surface area contributed by atoms with Crippen LogP contribution in [0.15, 0.2) is 65.7 Å². The topological polar surface area (TPSA) is 55.3 Å². The molecule has 0 unspecified atom stereocenters. The van der Waals surface area contributed by atoms with Crippen molar-refractivity contribution in [3.8, 4) is 5.75 Å². The lowest BCUT2D eigenvalue weighted by molar-refractivity contribution is -0.118. The van der Waals surface area contributed by atoms with Crippen molar-refractivity contribution in [1.29, 1.82) is 0 Å². The van der Waals surface area contributed by atoms with Crippen molar-refractivity contribution in [2.24, 2.45) is 0 Å². The van der Waals surface area contributed by atoms with Crippen molar-refractivity contribution in [2.75, 3.05) is 17.8 Å². The van der Waals surface area contributed by atoms with Gasteiger partial charge in [-0.2, -0.15) is 0 Å². The molecule has 32 heavy (non-hydrogen) atoms. The molecule has 0 saturated heterocycles. The highest BCUT2D eigenvalue weighted by molar-refractivity contribution is 7.99. The number of rotatable bonds is 8. The van der Waals surface area contributed by atoms with Crippen LogP contribution in [0, 0.1) is 13.8 Å². The molecule has 1 amide bonds. The Balaban J connectivity index is 1.58. The van der Waals surface area contributed by atoms with Crippen LogP contribution in [0.2, 0.25) is 0 Å². The first-order valence-electron chi connectivity index (χ1n) is 10.4.